The lowest BCUT2D eigenvalue weighted by Crippen LogP contribution is -2.56. The van der Waals surface area contributed by atoms with Crippen molar-refractivity contribution in [2.45, 2.75) is 179 Å². The van der Waals surface area contributed by atoms with E-state index < -0.39 is 35.8 Å². The Balaban J connectivity index is 4.94. The molecule has 0 aliphatic rings. The van der Waals surface area contributed by atoms with Gasteiger partial charge in [0.05, 0.1) is 0 Å². The molecule has 59 heavy (non-hydrogen) atoms. The summed E-state index contributed by atoms with van der Waals surface area (Å²) in [7, 11) is 0. The van der Waals surface area contributed by atoms with Gasteiger partial charge >= 0.3 is 0 Å². The van der Waals surface area contributed by atoms with Gasteiger partial charge in [0.25, 0.3) is 0 Å². The highest BCUT2D eigenvalue weighted by Crippen LogP contribution is 2.13. The van der Waals surface area contributed by atoms with E-state index in [1.807, 2.05) is 0 Å². The van der Waals surface area contributed by atoms with Crippen LogP contribution in [0.15, 0.2) is 15.0 Å². The summed E-state index contributed by atoms with van der Waals surface area (Å²) >= 11 is 0. The molecular formula is C40H80N14O5. The van der Waals surface area contributed by atoms with E-state index in [1.54, 1.807) is 0 Å². The lowest BCUT2D eigenvalue weighted by atomic mass is 10.0. The topological polar surface area (TPSA) is 353 Å². The van der Waals surface area contributed by atoms with Crippen LogP contribution >= 0.6 is 0 Å². The number of nitrogens with zero attached hydrogens (tertiary/aromatic N) is 3. The molecule has 0 saturated heterocycles. The van der Waals surface area contributed by atoms with Gasteiger partial charge in [0.15, 0.2) is 17.9 Å². The number of carbonyl (C=O) groups excluding carboxylic acids is 5. The Labute approximate surface area is 352 Å². The highest BCUT2D eigenvalue weighted by Gasteiger charge is 2.29. The van der Waals surface area contributed by atoms with Crippen LogP contribution in [0.25, 0.3) is 0 Å². The molecule has 0 heterocycles. The number of nitrogens with one attached hydrogen (secondary N) is 4. The molecule has 19 heteroatoms. The van der Waals surface area contributed by atoms with Crippen LogP contribution in [0.3, 0.4) is 0 Å². The third kappa shape index (κ3) is 33.8. The predicted molar refractivity (Wildman–Crippen MR) is 237 cm³/mol. The number of rotatable bonds is 38. The first kappa shape index (κ1) is 54.2. The number of unbranched alkanes of at least 4 members (excludes halogenated alkanes) is 14. The van der Waals surface area contributed by atoms with Crippen molar-refractivity contribution in [2.24, 2.45) is 55.1 Å². The highest BCUT2D eigenvalue weighted by molar-refractivity contribution is 5.94. The second-order valence-electron chi connectivity index (χ2n) is 15.1. The third-order valence-corrected chi connectivity index (χ3v) is 9.69. The number of carbonyl (C=O) groups is 5. The fourth-order valence-electron chi connectivity index (χ4n) is 6.35. The Morgan fingerprint density at radius 3 is 1.20 bits per heavy atom. The maximum atomic E-state index is 13.6. The minimum absolute atomic E-state index is 0.0524. The zero-order chi connectivity index (χ0) is 44.1. The summed E-state index contributed by atoms with van der Waals surface area (Å²) < 4.78 is 0. The minimum Gasteiger partial charge on any atom is -0.370 e. The summed E-state index contributed by atoms with van der Waals surface area (Å²) in [6.07, 6.45) is 20.5. The molecule has 0 saturated carbocycles. The van der Waals surface area contributed by atoms with E-state index in [1.165, 1.54) is 70.6 Å². The van der Waals surface area contributed by atoms with Crippen molar-refractivity contribution in [3.05, 3.63) is 0 Å². The Morgan fingerprint density at radius 1 is 0.424 bits per heavy atom. The second-order valence-corrected chi connectivity index (χ2v) is 15.1. The summed E-state index contributed by atoms with van der Waals surface area (Å²) in [5.74, 6) is -2.67. The van der Waals surface area contributed by atoms with Crippen molar-refractivity contribution >= 4 is 47.4 Å². The SMILES string of the molecule is CCCCCCCCCCCCCCCC(=O)NCCCCCC(=O)N[C@@H](CCCN=C(N)N)C(=O)N[C@@H](CCCN=C(N)N)C(=O)N[C@@H](CCCN=C(N)N)C(N)=O. The minimum atomic E-state index is -1.12. The Bertz CT molecular complexity index is 1270. The highest BCUT2D eigenvalue weighted by atomic mass is 16.2. The molecule has 3 atom stereocenters. The van der Waals surface area contributed by atoms with Crippen LogP contribution in [0.1, 0.15) is 161 Å². The first-order chi connectivity index (χ1) is 28.3. The van der Waals surface area contributed by atoms with Gasteiger partial charge in [-0.15, -0.1) is 0 Å². The summed E-state index contributed by atoms with van der Waals surface area (Å²) in [5, 5.41) is 11.1. The first-order valence-corrected chi connectivity index (χ1v) is 21.9. The van der Waals surface area contributed by atoms with Crippen LogP contribution in [0.2, 0.25) is 0 Å². The van der Waals surface area contributed by atoms with E-state index in [0.29, 0.717) is 45.1 Å². The maximum Gasteiger partial charge on any atom is 0.243 e. The van der Waals surface area contributed by atoms with Crippen molar-refractivity contribution < 1.29 is 24.0 Å². The fraction of sp³-hybridized carbons (Fsp3) is 0.800. The summed E-state index contributed by atoms with van der Waals surface area (Å²) in [4.78, 5) is 76.2. The molecule has 0 fully saturated rings. The average molecular weight is 837 g/mol. The molecular weight excluding hydrogens is 757 g/mol. The molecule has 0 aliphatic heterocycles. The summed E-state index contributed by atoms with van der Waals surface area (Å²) in [5.41, 5.74) is 38.0. The van der Waals surface area contributed by atoms with Crippen molar-refractivity contribution in [2.75, 3.05) is 26.2 Å². The molecule has 0 radical (unpaired) electrons. The number of aliphatic imine (C=N–C) groups is 3. The zero-order valence-corrected chi connectivity index (χ0v) is 36.0. The van der Waals surface area contributed by atoms with Crippen LogP contribution in [0.5, 0.6) is 0 Å². The third-order valence-electron chi connectivity index (χ3n) is 9.69. The van der Waals surface area contributed by atoms with Gasteiger partial charge in [-0.2, -0.15) is 0 Å². The van der Waals surface area contributed by atoms with Gasteiger partial charge < -0.3 is 61.4 Å². The van der Waals surface area contributed by atoms with Crippen molar-refractivity contribution in [3.8, 4) is 0 Å². The van der Waals surface area contributed by atoms with E-state index >= 15 is 0 Å². The quantitative estimate of drug-likeness (QED) is 0.0239. The van der Waals surface area contributed by atoms with Crippen molar-refractivity contribution in [3.63, 3.8) is 0 Å². The normalized spacial score (nSPS) is 12.3. The van der Waals surface area contributed by atoms with Crippen molar-refractivity contribution in [1.82, 2.24) is 21.3 Å². The molecule has 0 aromatic rings. The monoisotopic (exact) mass is 837 g/mol. The van der Waals surface area contributed by atoms with Crippen LogP contribution in [0, 0.1) is 0 Å². The molecule has 18 N–H and O–H groups in total. The molecule has 0 unspecified atom stereocenters. The zero-order valence-electron chi connectivity index (χ0n) is 36.0. The second kappa shape index (κ2) is 36.3. The molecule has 5 amide bonds. The van der Waals surface area contributed by atoms with Gasteiger partial charge in [-0.1, -0.05) is 90.4 Å². The molecule has 0 bridgehead atoms. The Morgan fingerprint density at radius 2 is 0.780 bits per heavy atom. The molecule has 0 spiro atoms. The lowest BCUT2D eigenvalue weighted by Gasteiger charge is -2.25. The molecule has 19 nitrogen and oxygen atoms in total. The number of hydrogen-bond donors (Lipinski definition) is 11. The number of guanidine groups is 3. The van der Waals surface area contributed by atoms with Crippen molar-refractivity contribution in [1.29, 1.82) is 0 Å². The largest absolute Gasteiger partial charge is 0.370 e. The van der Waals surface area contributed by atoms with E-state index in [4.69, 9.17) is 40.1 Å². The summed E-state index contributed by atoms with van der Waals surface area (Å²) in [6, 6.07) is -3.19. The lowest BCUT2D eigenvalue weighted by molar-refractivity contribution is -0.133. The molecule has 0 aromatic heterocycles. The van der Waals surface area contributed by atoms with Gasteiger partial charge in [-0.05, 0) is 57.8 Å². The number of primary amides is 1. The fourth-order valence-corrected chi connectivity index (χ4v) is 6.35. The van der Waals surface area contributed by atoms with Gasteiger partial charge in [0.1, 0.15) is 18.1 Å². The van der Waals surface area contributed by atoms with Crippen LogP contribution in [-0.2, 0) is 24.0 Å². The predicted octanol–water partition coefficient (Wildman–Crippen LogP) is 1.24. The standard InChI is InChI=1S/C40H80N14O5/c1-2-3-4-5-6-7-8-9-10-11-12-13-15-24-33(55)48-26-17-14-16-25-34(56)52-31(22-19-28-50-39(44)45)36(58)54-32(23-20-29-51-40(46)47)37(59)53-30(35(41)57)21-18-27-49-38(42)43/h30-32H,2-29H2,1H3,(H2,41,57)(H,48,55)(H,52,56)(H,53,59)(H,54,58)(H4,42,43,49)(H4,44,45,50)(H4,46,47,51)/t30-,31-,32-/m0/s1. The first-order valence-electron chi connectivity index (χ1n) is 21.9. The van der Waals surface area contributed by atoms with E-state index in [-0.39, 0.29) is 75.0 Å². The Hall–Kier alpha value is -4.84. The molecule has 0 rings (SSSR count). The van der Waals surface area contributed by atoms with Crippen LogP contribution in [0.4, 0.5) is 0 Å². The number of amides is 5. The Kier molecular flexibility index (Phi) is 33.3. The maximum absolute atomic E-state index is 13.6. The van der Waals surface area contributed by atoms with Gasteiger partial charge in [0, 0.05) is 39.0 Å². The average Bonchev–Trinajstić information content (AvgIpc) is 3.17. The van der Waals surface area contributed by atoms with Gasteiger partial charge in [-0.25, -0.2) is 0 Å². The van der Waals surface area contributed by atoms with E-state index in [9.17, 15) is 24.0 Å². The van der Waals surface area contributed by atoms with E-state index in [2.05, 4.69) is 43.2 Å². The van der Waals surface area contributed by atoms with Crippen LogP contribution in [-0.4, -0.2) is 91.7 Å². The summed E-state index contributed by atoms with van der Waals surface area (Å²) in [6.45, 7) is 3.40. The number of nitrogens with two attached hydrogens (primary N) is 7. The molecule has 0 aliphatic carbocycles. The van der Waals surface area contributed by atoms with Gasteiger partial charge in [-0.3, -0.25) is 38.9 Å². The smallest absolute Gasteiger partial charge is 0.243 e. The van der Waals surface area contributed by atoms with E-state index in [0.717, 1.165) is 19.3 Å². The van der Waals surface area contributed by atoms with Gasteiger partial charge in [0.2, 0.25) is 29.5 Å². The van der Waals surface area contributed by atoms with Crippen LogP contribution < -0.4 is 61.4 Å². The molecule has 340 valence electrons. The number of hydrogen-bond acceptors (Lipinski definition) is 8. The molecule has 0 aromatic carbocycles.